The smallest absolute Gasteiger partial charge is 0.239 e. The average Bonchev–Trinajstić information content (AvgIpc) is 2.47. The minimum Gasteiger partial charge on any atom is -0.340 e. The molecule has 0 aliphatic carbocycles. The topological polar surface area (TPSA) is 49.6 Å². The number of nitrogens with two attached hydrogens (primary N) is 1. The zero-order chi connectivity index (χ0) is 14.5. The van der Waals surface area contributed by atoms with Crippen molar-refractivity contribution in [3.8, 4) is 0 Å². The van der Waals surface area contributed by atoms with Crippen LogP contribution in [-0.2, 0) is 11.2 Å². The first-order valence-corrected chi connectivity index (χ1v) is 7.32. The van der Waals surface area contributed by atoms with Crippen molar-refractivity contribution in [2.24, 2.45) is 5.73 Å². The molecule has 110 valence electrons. The molecule has 0 radical (unpaired) electrons. The molecule has 2 rings (SSSR count). The molecule has 0 unspecified atom stereocenters. The quantitative estimate of drug-likeness (QED) is 0.895. The van der Waals surface area contributed by atoms with Crippen LogP contribution in [-0.4, -0.2) is 55.0 Å². The number of carbonyl (C=O) groups is 1. The van der Waals surface area contributed by atoms with Crippen LogP contribution in [0.25, 0.3) is 0 Å². The first-order valence-electron chi connectivity index (χ1n) is 7.32. The van der Waals surface area contributed by atoms with Crippen molar-refractivity contribution in [1.82, 2.24) is 9.80 Å². The standard InChI is InChI=1S/C16H25N3O/c1-18(2)14-9-6-10-19(12-14)16(20)15(17)11-13-7-4-3-5-8-13/h3-5,7-8,14-15H,6,9-12,17H2,1-2H3/t14-,15+/m1/s1. The van der Waals surface area contributed by atoms with Gasteiger partial charge in [-0.25, -0.2) is 0 Å². The van der Waals surface area contributed by atoms with Gasteiger partial charge in [0.25, 0.3) is 0 Å². The van der Waals surface area contributed by atoms with Crippen LogP contribution in [0.5, 0.6) is 0 Å². The molecule has 0 spiro atoms. The first kappa shape index (κ1) is 15.0. The zero-order valence-corrected chi connectivity index (χ0v) is 12.5. The van der Waals surface area contributed by atoms with E-state index in [0.717, 1.165) is 31.5 Å². The lowest BCUT2D eigenvalue weighted by Crippen LogP contribution is -2.52. The van der Waals surface area contributed by atoms with E-state index in [9.17, 15) is 4.79 Å². The number of rotatable bonds is 4. The van der Waals surface area contributed by atoms with Crippen LogP contribution in [0.4, 0.5) is 0 Å². The molecule has 0 aromatic heterocycles. The van der Waals surface area contributed by atoms with Gasteiger partial charge < -0.3 is 15.5 Å². The summed E-state index contributed by atoms with van der Waals surface area (Å²) in [5, 5.41) is 0. The normalized spacial score (nSPS) is 21.0. The Morgan fingerprint density at radius 2 is 2.10 bits per heavy atom. The Morgan fingerprint density at radius 3 is 2.75 bits per heavy atom. The third-order valence-corrected chi connectivity index (χ3v) is 4.05. The van der Waals surface area contributed by atoms with Crippen molar-refractivity contribution in [3.05, 3.63) is 35.9 Å². The summed E-state index contributed by atoms with van der Waals surface area (Å²) >= 11 is 0. The SMILES string of the molecule is CN(C)[C@@H]1CCCN(C(=O)[C@@H](N)Cc2ccccc2)C1. The third kappa shape index (κ3) is 3.81. The summed E-state index contributed by atoms with van der Waals surface area (Å²) < 4.78 is 0. The summed E-state index contributed by atoms with van der Waals surface area (Å²) in [5.74, 6) is 0.0837. The molecule has 4 heteroatoms. The molecule has 0 bridgehead atoms. The predicted octanol–water partition coefficient (Wildman–Crippen LogP) is 1.11. The number of nitrogens with zero attached hydrogens (tertiary/aromatic N) is 2. The molecule has 1 heterocycles. The fourth-order valence-electron chi connectivity index (χ4n) is 2.77. The molecule has 1 saturated heterocycles. The summed E-state index contributed by atoms with van der Waals surface area (Å²) in [6, 6.07) is 10.0. The highest BCUT2D eigenvalue weighted by Crippen LogP contribution is 2.15. The molecule has 0 saturated carbocycles. The second kappa shape index (κ2) is 6.86. The van der Waals surface area contributed by atoms with E-state index in [1.165, 1.54) is 0 Å². The Hall–Kier alpha value is -1.39. The molecule has 20 heavy (non-hydrogen) atoms. The molecule has 1 amide bonds. The summed E-state index contributed by atoms with van der Waals surface area (Å²) in [6.45, 7) is 1.64. The van der Waals surface area contributed by atoms with Crippen LogP contribution < -0.4 is 5.73 Å². The van der Waals surface area contributed by atoms with Crippen LogP contribution in [0.1, 0.15) is 18.4 Å². The van der Waals surface area contributed by atoms with Crippen molar-refractivity contribution in [2.45, 2.75) is 31.3 Å². The maximum Gasteiger partial charge on any atom is 0.239 e. The number of benzene rings is 1. The highest BCUT2D eigenvalue weighted by Gasteiger charge is 2.27. The van der Waals surface area contributed by atoms with Gasteiger partial charge in [-0.3, -0.25) is 4.79 Å². The van der Waals surface area contributed by atoms with Crippen molar-refractivity contribution < 1.29 is 4.79 Å². The monoisotopic (exact) mass is 275 g/mol. The molecular formula is C16H25N3O. The van der Waals surface area contributed by atoms with E-state index in [-0.39, 0.29) is 5.91 Å². The van der Waals surface area contributed by atoms with E-state index < -0.39 is 6.04 Å². The van der Waals surface area contributed by atoms with E-state index in [2.05, 4.69) is 19.0 Å². The fourth-order valence-corrected chi connectivity index (χ4v) is 2.77. The van der Waals surface area contributed by atoms with E-state index in [1.54, 1.807) is 0 Å². The second-order valence-electron chi connectivity index (χ2n) is 5.84. The van der Waals surface area contributed by atoms with Gasteiger partial charge in [-0.05, 0) is 38.9 Å². The largest absolute Gasteiger partial charge is 0.340 e. The maximum absolute atomic E-state index is 12.5. The number of piperidine rings is 1. The van der Waals surface area contributed by atoms with Crippen LogP contribution >= 0.6 is 0 Å². The van der Waals surface area contributed by atoms with E-state index in [1.807, 2.05) is 35.2 Å². The van der Waals surface area contributed by atoms with Gasteiger partial charge >= 0.3 is 0 Å². The van der Waals surface area contributed by atoms with Crippen molar-refractivity contribution in [1.29, 1.82) is 0 Å². The van der Waals surface area contributed by atoms with Crippen LogP contribution in [0.2, 0.25) is 0 Å². The average molecular weight is 275 g/mol. The van der Waals surface area contributed by atoms with Gasteiger partial charge in [-0.15, -0.1) is 0 Å². The molecule has 1 aliphatic rings. The lowest BCUT2D eigenvalue weighted by molar-refractivity contribution is -0.134. The summed E-state index contributed by atoms with van der Waals surface area (Å²) in [7, 11) is 4.14. The Kier molecular flexibility index (Phi) is 5.15. The third-order valence-electron chi connectivity index (χ3n) is 4.05. The summed E-state index contributed by atoms with van der Waals surface area (Å²) in [5.41, 5.74) is 7.22. The van der Waals surface area contributed by atoms with Gasteiger partial charge in [0.15, 0.2) is 0 Å². The van der Waals surface area contributed by atoms with Gasteiger partial charge in [-0.1, -0.05) is 30.3 Å². The Morgan fingerprint density at radius 1 is 1.40 bits per heavy atom. The molecule has 1 aromatic rings. The van der Waals surface area contributed by atoms with E-state index >= 15 is 0 Å². The van der Waals surface area contributed by atoms with Crippen molar-refractivity contribution in [2.75, 3.05) is 27.2 Å². The highest BCUT2D eigenvalue weighted by molar-refractivity contribution is 5.82. The van der Waals surface area contributed by atoms with Crippen molar-refractivity contribution in [3.63, 3.8) is 0 Å². The maximum atomic E-state index is 12.5. The Labute approximate surface area is 121 Å². The number of hydrogen-bond acceptors (Lipinski definition) is 3. The number of amides is 1. The first-order chi connectivity index (χ1) is 9.58. The lowest BCUT2D eigenvalue weighted by atomic mass is 10.0. The zero-order valence-electron chi connectivity index (χ0n) is 12.5. The lowest BCUT2D eigenvalue weighted by Gasteiger charge is -2.37. The van der Waals surface area contributed by atoms with E-state index in [0.29, 0.717) is 12.5 Å². The number of carbonyl (C=O) groups excluding carboxylic acids is 1. The Bertz CT molecular complexity index is 433. The molecule has 1 aromatic carbocycles. The summed E-state index contributed by atoms with van der Waals surface area (Å²) in [4.78, 5) is 16.6. The molecular weight excluding hydrogens is 250 g/mol. The highest BCUT2D eigenvalue weighted by atomic mass is 16.2. The number of likely N-dealkylation sites (tertiary alicyclic amines) is 1. The molecule has 1 aliphatic heterocycles. The minimum atomic E-state index is -0.432. The minimum absolute atomic E-state index is 0.0837. The molecule has 4 nitrogen and oxygen atoms in total. The van der Waals surface area contributed by atoms with Gasteiger partial charge in [0.1, 0.15) is 0 Å². The van der Waals surface area contributed by atoms with Gasteiger partial charge in [0.05, 0.1) is 6.04 Å². The van der Waals surface area contributed by atoms with Gasteiger partial charge in [-0.2, -0.15) is 0 Å². The molecule has 2 N–H and O–H groups in total. The molecule has 1 fully saturated rings. The van der Waals surface area contributed by atoms with Crippen LogP contribution in [0.15, 0.2) is 30.3 Å². The number of hydrogen-bond donors (Lipinski definition) is 1. The van der Waals surface area contributed by atoms with E-state index in [4.69, 9.17) is 5.73 Å². The predicted molar refractivity (Wildman–Crippen MR) is 81.4 cm³/mol. The van der Waals surface area contributed by atoms with Gasteiger partial charge in [0.2, 0.25) is 5.91 Å². The number of likely N-dealkylation sites (N-methyl/N-ethyl adjacent to an activating group) is 1. The van der Waals surface area contributed by atoms with Gasteiger partial charge in [0, 0.05) is 19.1 Å². The summed E-state index contributed by atoms with van der Waals surface area (Å²) in [6.07, 6.45) is 2.83. The molecule has 2 atom stereocenters. The van der Waals surface area contributed by atoms with Crippen molar-refractivity contribution >= 4 is 5.91 Å². The van der Waals surface area contributed by atoms with Crippen LogP contribution in [0.3, 0.4) is 0 Å². The van der Waals surface area contributed by atoms with Crippen LogP contribution in [0, 0.1) is 0 Å². The Balaban J connectivity index is 1.93. The fraction of sp³-hybridized carbons (Fsp3) is 0.562. The second-order valence-corrected chi connectivity index (χ2v) is 5.84.